The van der Waals surface area contributed by atoms with Crippen LogP contribution < -0.4 is 9.47 Å². The summed E-state index contributed by atoms with van der Waals surface area (Å²) in [5.74, 6) is 2.66. The zero-order chi connectivity index (χ0) is 20.4. The van der Waals surface area contributed by atoms with Crippen molar-refractivity contribution >= 4 is 11.6 Å². The quantitative estimate of drug-likeness (QED) is 0.677. The van der Waals surface area contributed by atoms with Crippen molar-refractivity contribution in [1.82, 2.24) is 0 Å². The van der Waals surface area contributed by atoms with Gasteiger partial charge in [0.1, 0.15) is 11.5 Å². The maximum absolute atomic E-state index is 12.9. The van der Waals surface area contributed by atoms with Gasteiger partial charge in [-0.25, -0.2) is 0 Å². The average Bonchev–Trinajstić information content (AvgIpc) is 2.72. The number of allylic oxidation sites excluding steroid dienone is 4. The predicted octanol–water partition coefficient (Wildman–Crippen LogP) is 5.00. The molecule has 0 amide bonds. The molecule has 1 heterocycles. The fraction of sp³-hybridized carbons (Fsp3) is 0.500. The SMILES string of the molecule is CCCOc1ccc(C2C3=C(CCCC3=O)OC3=C2C(=O)CCC3)cc1OCC. The van der Waals surface area contributed by atoms with Crippen molar-refractivity contribution in [2.45, 2.75) is 64.7 Å². The summed E-state index contributed by atoms with van der Waals surface area (Å²) in [7, 11) is 0. The van der Waals surface area contributed by atoms with Gasteiger partial charge in [0.15, 0.2) is 23.1 Å². The second kappa shape index (κ2) is 8.44. The lowest BCUT2D eigenvalue weighted by Crippen LogP contribution is -2.30. The molecule has 0 aromatic heterocycles. The van der Waals surface area contributed by atoms with Gasteiger partial charge in [0.25, 0.3) is 0 Å². The van der Waals surface area contributed by atoms with Gasteiger partial charge in [-0.3, -0.25) is 9.59 Å². The molecule has 1 aromatic rings. The van der Waals surface area contributed by atoms with E-state index in [-0.39, 0.29) is 17.5 Å². The molecule has 3 aliphatic rings. The smallest absolute Gasteiger partial charge is 0.163 e. The van der Waals surface area contributed by atoms with Crippen LogP contribution in [0.2, 0.25) is 0 Å². The first-order chi connectivity index (χ1) is 14.1. The Morgan fingerprint density at radius 3 is 2.14 bits per heavy atom. The van der Waals surface area contributed by atoms with Crippen LogP contribution >= 0.6 is 0 Å². The monoisotopic (exact) mass is 396 g/mol. The zero-order valence-electron chi connectivity index (χ0n) is 17.2. The molecule has 154 valence electrons. The highest BCUT2D eigenvalue weighted by Gasteiger charge is 2.41. The van der Waals surface area contributed by atoms with E-state index in [9.17, 15) is 9.59 Å². The fourth-order valence-electron chi connectivity index (χ4n) is 4.45. The average molecular weight is 396 g/mol. The summed E-state index contributed by atoms with van der Waals surface area (Å²) in [5, 5.41) is 0. The van der Waals surface area contributed by atoms with Gasteiger partial charge in [-0.15, -0.1) is 0 Å². The molecule has 0 saturated carbocycles. The zero-order valence-corrected chi connectivity index (χ0v) is 17.2. The first-order valence-electron chi connectivity index (χ1n) is 10.7. The normalized spacial score (nSPS) is 19.7. The minimum atomic E-state index is -0.367. The highest BCUT2D eigenvalue weighted by molar-refractivity contribution is 6.05. The van der Waals surface area contributed by atoms with Crippen molar-refractivity contribution in [3.63, 3.8) is 0 Å². The Balaban J connectivity index is 1.82. The second-order valence-electron chi connectivity index (χ2n) is 7.75. The van der Waals surface area contributed by atoms with Crippen LogP contribution in [0.25, 0.3) is 0 Å². The molecule has 0 spiro atoms. The topological polar surface area (TPSA) is 61.8 Å². The van der Waals surface area contributed by atoms with Gasteiger partial charge in [-0.05, 0) is 43.9 Å². The maximum Gasteiger partial charge on any atom is 0.163 e. The lowest BCUT2D eigenvalue weighted by Gasteiger charge is -2.36. The van der Waals surface area contributed by atoms with Crippen molar-refractivity contribution in [3.05, 3.63) is 46.4 Å². The largest absolute Gasteiger partial charge is 0.490 e. The number of Topliss-reactive ketones (excluding diaryl/α,β-unsaturated/α-hetero) is 2. The molecule has 4 rings (SSSR count). The Morgan fingerprint density at radius 2 is 1.55 bits per heavy atom. The number of ether oxygens (including phenoxy) is 3. The van der Waals surface area contributed by atoms with E-state index in [1.54, 1.807) is 0 Å². The molecule has 0 saturated heterocycles. The Kier molecular flexibility index (Phi) is 5.74. The lowest BCUT2D eigenvalue weighted by molar-refractivity contribution is -0.117. The number of rotatable bonds is 6. The van der Waals surface area contributed by atoms with Gasteiger partial charge in [-0.1, -0.05) is 13.0 Å². The van der Waals surface area contributed by atoms with E-state index in [0.717, 1.165) is 49.2 Å². The van der Waals surface area contributed by atoms with Crippen LogP contribution in [0.1, 0.15) is 70.3 Å². The van der Waals surface area contributed by atoms with E-state index in [1.807, 2.05) is 25.1 Å². The molecule has 0 N–H and O–H groups in total. The number of carbonyl (C=O) groups is 2. The fourth-order valence-corrected chi connectivity index (χ4v) is 4.45. The van der Waals surface area contributed by atoms with Crippen LogP contribution in [0.15, 0.2) is 40.9 Å². The number of benzene rings is 1. The van der Waals surface area contributed by atoms with E-state index in [4.69, 9.17) is 14.2 Å². The molecule has 0 unspecified atom stereocenters. The first kappa shape index (κ1) is 19.7. The minimum Gasteiger partial charge on any atom is -0.490 e. The van der Waals surface area contributed by atoms with Gasteiger partial charge < -0.3 is 14.2 Å². The molecule has 29 heavy (non-hydrogen) atoms. The molecule has 0 radical (unpaired) electrons. The number of carbonyl (C=O) groups excluding carboxylic acids is 2. The Labute approximate surface area is 171 Å². The van der Waals surface area contributed by atoms with Crippen molar-refractivity contribution < 1.29 is 23.8 Å². The third-order valence-electron chi connectivity index (χ3n) is 5.70. The van der Waals surface area contributed by atoms with Gasteiger partial charge in [-0.2, -0.15) is 0 Å². The molecule has 1 aromatic carbocycles. The van der Waals surface area contributed by atoms with E-state index in [0.29, 0.717) is 48.7 Å². The minimum absolute atomic E-state index is 0.0884. The second-order valence-corrected chi connectivity index (χ2v) is 7.75. The number of ketones is 2. The predicted molar refractivity (Wildman–Crippen MR) is 109 cm³/mol. The summed E-state index contributed by atoms with van der Waals surface area (Å²) in [6.07, 6.45) is 5.01. The summed E-state index contributed by atoms with van der Waals surface area (Å²) >= 11 is 0. The van der Waals surface area contributed by atoms with E-state index in [1.165, 1.54) is 0 Å². The summed E-state index contributed by atoms with van der Waals surface area (Å²) in [5.41, 5.74) is 2.22. The van der Waals surface area contributed by atoms with E-state index in [2.05, 4.69) is 6.92 Å². The third kappa shape index (κ3) is 3.70. The van der Waals surface area contributed by atoms with Crippen LogP contribution in [0.4, 0.5) is 0 Å². The van der Waals surface area contributed by atoms with Crippen LogP contribution in [0.3, 0.4) is 0 Å². The third-order valence-corrected chi connectivity index (χ3v) is 5.70. The van der Waals surface area contributed by atoms with Crippen LogP contribution in [0, 0.1) is 0 Å². The van der Waals surface area contributed by atoms with Crippen molar-refractivity contribution in [2.75, 3.05) is 13.2 Å². The van der Waals surface area contributed by atoms with Crippen LogP contribution in [0.5, 0.6) is 11.5 Å². The van der Waals surface area contributed by atoms with Crippen molar-refractivity contribution in [2.24, 2.45) is 0 Å². The maximum atomic E-state index is 12.9. The van der Waals surface area contributed by atoms with Crippen molar-refractivity contribution in [1.29, 1.82) is 0 Å². The van der Waals surface area contributed by atoms with Gasteiger partial charge in [0.2, 0.25) is 0 Å². The van der Waals surface area contributed by atoms with Crippen LogP contribution in [-0.4, -0.2) is 24.8 Å². The number of hydrogen-bond donors (Lipinski definition) is 0. The van der Waals surface area contributed by atoms with E-state index >= 15 is 0 Å². The summed E-state index contributed by atoms with van der Waals surface area (Å²) < 4.78 is 17.8. The molecule has 0 fully saturated rings. The molecule has 5 heteroatoms. The molecule has 0 atom stereocenters. The molecule has 2 aliphatic carbocycles. The first-order valence-corrected chi connectivity index (χ1v) is 10.7. The number of hydrogen-bond acceptors (Lipinski definition) is 5. The van der Waals surface area contributed by atoms with Gasteiger partial charge in [0.05, 0.1) is 13.2 Å². The highest BCUT2D eigenvalue weighted by atomic mass is 16.5. The lowest BCUT2D eigenvalue weighted by atomic mass is 9.73. The molecule has 1 aliphatic heterocycles. The Bertz CT molecular complexity index is 851. The molecule has 0 bridgehead atoms. The molecular formula is C24H28O5. The Morgan fingerprint density at radius 1 is 0.897 bits per heavy atom. The molecular weight excluding hydrogens is 368 g/mol. The van der Waals surface area contributed by atoms with Crippen molar-refractivity contribution in [3.8, 4) is 11.5 Å². The summed E-state index contributed by atoms with van der Waals surface area (Å²) in [6.45, 7) is 5.11. The summed E-state index contributed by atoms with van der Waals surface area (Å²) in [6, 6.07) is 5.79. The van der Waals surface area contributed by atoms with Crippen LogP contribution in [-0.2, 0) is 14.3 Å². The highest BCUT2D eigenvalue weighted by Crippen LogP contribution is 2.48. The van der Waals surface area contributed by atoms with Gasteiger partial charge >= 0.3 is 0 Å². The molecule has 5 nitrogen and oxygen atoms in total. The van der Waals surface area contributed by atoms with E-state index < -0.39 is 0 Å². The van der Waals surface area contributed by atoms with Gasteiger partial charge in [0, 0.05) is 42.7 Å². The summed E-state index contributed by atoms with van der Waals surface area (Å²) in [4.78, 5) is 25.8. The standard InChI is InChI=1S/C24H28O5/c1-3-13-28-18-12-11-15(14-21(18)27-4-2)22-23-16(25)7-5-9-19(23)29-20-10-6-8-17(26)24(20)22/h11-12,14,22H,3-10,13H2,1-2H3. The Hall–Kier alpha value is -2.56.